The fraction of sp³-hybridized carbons (Fsp3) is 0.368. The maximum absolute atomic E-state index is 13.1. The molecule has 0 aliphatic carbocycles. The van der Waals surface area contributed by atoms with Crippen LogP contribution in [0.5, 0.6) is 0 Å². The highest BCUT2D eigenvalue weighted by Crippen LogP contribution is 2.22. The van der Waals surface area contributed by atoms with Crippen molar-refractivity contribution < 1.29 is 4.79 Å². The molecular weight excluding hydrogens is 378 g/mol. The number of aryl methyl sites for hydroxylation is 1. The lowest BCUT2D eigenvalue weighted by atomic mass is 10.1. The van der Waals surface area contributed by atoms with E-state index in [1.165, 1.54) is 0 Å². The molecule has 2 aromatic heterocycles. The van der Waals surface area contributed by atoms with E-state index >= 15 is 0 Å². The molecule has 1 fully saturated rings. The van der Waals surface area contributed by atoms with E-state index in [9.17, 15) is 4.79 Å². The number of para-hydroxylation sites is 1. The van der Waals surface area contributed by atoms with Crippen molar-refractivity contribution in [2.24, 2.45) is 7.05 Å². The number of hydrogen-bond donors (Lipinski definition) is 1. The van der Waals surface area contributed by atoms with Crippen LogP contribution in [0, 0.1) is 6.92 Å². The number of imidazole rings is 1. The number of piperazine rings is 1. The molecule has 1 aliphatic heterocycles. The summed E-state index contributed by atoms with van der Waals surface area (Å²) in [5.74, 6) is 0.938. The van der Waals surface area contributed by atoms with Crippen molar-refractivity contribution in [3.63, 3.8) is 0 Å². The number of hydrogen-bond acceptors (Lipinski definition) is 5. The van der Waals surface area contributed by atoms with Gasteiger partial charge in [-0.3, -0.25) is 4.79 Å². The van der Waals surface area contributed by atoms with Crippen LogP contribution in [0.1, 0.15) is 23.3 Å². The Balaban J connectivity index is 0.00000225. The summed E-state index contributed by atoms with van der Waals surface area (Å²) >= 11 is 0. The van der Waals surface area contributed by atoms with Crippen LogP contribution < -0.4 is 5.32 Å². The zero-order valence-corrected chi connectivity index (χ0v) is 16.8. The molecule has 1 amide bonds. The van der Waals surface area contributed by atoms with E-state index in [1.54, 1.807) is 10.9 Å². The van der Waals surface area contributed by atoms with Gasteiger partial charge in [-0.15, -0.1) is 17.5 Å². The third kappa shape index (κ3) is 3.79. The first-order chi connectivity index (χ1) is 13.1. The van der Waals surface area contributed by atoms with Gasteiger partial charge in [-0.2, -0.15) is 0 Å². The number of carbonyl (C=O) groups excluding carboxylic acids is 1. The molecule has 0 spiro atoms. The summed E-state index contributed by atoms with van der Waals surface area (Å²) in [5, 5.41) is 11.9. The second-order valence-electron chi connectivity index (χ2n) is 6.75. The Bertz CT molecular complexity index is 937. The molecule has 9 heteroatoms. The van der Waals surface area contributed by atoms with Crippen LogP contribution >= 0.6 is 12.4 Å². The van der Waals surface area contributed by atoms with E-state index < -0.39 is 0 Å². The molecule has 1 aliphatic rings. The van der Waals surface area contributed by atoms with Crippen molar-refractivity contribution in [2.75, 3.05) is 19.6 Å². The first kappa shape index (κ1) is 20.0. The molecule has 8 nitrogen and oxygen atoms in total. The van der Waals surface area contributed by atoms with Crippen molar-refractivity contribution in [3.05, 3.63) is 59.9 Å². The van der Waals surface area contributed by atoms with Crippen molar-refractivity contribution >= 4 is 18.3 Å². The van der Waals surface area contributed by atoms with Crippen molar-refractivity contribution in [2.45, 2.75) is 19.4 Å². The second-order valence-corrected chi connectivity index (χ2v) is 6.75. The van der Waals surface area contributed by atoms with Crippen molar-refractivity contribution in [3.8, 4) is 5.69 Å². The van der Waals surface area contributed by atoms with Crippen LogP contribution in [0.3, 0.4) is 0 Å². The molecule has 0 radical (unpaired) electrons. The van der Waals surface area contributed by atoms with Gasteiger partial charge < -0.3 is 14.8 Å². The molecule has 1 unspecified atom stereocenters. The minimum absolute atomic E-state index is 0. The van der Waals surface area contributed by atoms with E-state index in [0.717, 1.165) is 23.8 Å². The predicted octanol–water partition coefficient (Wildman–Crippen LogP) is 1.45. The average molecular weight is 402 g/mol. The van der Waals surface area contributed by atoms with Crippen LogP contribution in [0.15, 0.2) is 42.7 Å². The Hall–Kier alpha value is -2.71. The number of nitrogens with one attached hydrogen (secondary N) is 1. The van der Waals surface area contributed by atoms with E-state index in [2.05, 4.69) is 20.6 Å². The Morgan fingerprint density at radius 1 is 1.29 bits per heavy atom. The van der Waals surface area contributed by atoms with Crippen molar-refractivity contribution in [1.82, 2.24) is 34.8 Å². The molecular formula is C19H24ClN7O. The molecule has 4 rings (SSSR count). The van der Waals surface area contributed by atoms with Gasteiger partial charge in [0, 0.05) is 39.1 Å². The average Bonchev–Trinajstić information content (AvgIpc) is 3.28. The highest BCUT2D eigenvalue weighted by Gasteiger charge is 2.31. The van der Waals surface area contributed by atoms with Gasteiger partial charge in [0.2, 0.25) is 5.91 Å². The summed E-state index contributed by atoms with van der Waals surface area (Å²) in [6.07, 6.45) is 3.91. The second kappa shape index (κ2) is 8.53. The molecule has 3 aromatic rings. The minimum atomic E-state index is -0.0734. The first-order valence-corrected chi connectivity index (χ1v) is 9.09. The molecule has 28 heavy (non-hydrogen) atoms. The van der Waals surface area contributed by atoms with Crippen molar-refractivity contribution in [1.29, 1.82) is 0 Å². The lowest BCUT2D eigenvalue weighted by molar-refractivity contribution is -0.134. The molecule has 0 bridgehead atoms. The summed E-state index contributed by atoms with van der Waals surface area (Å²) in [5.41, 5.74) is 2.54. The van der Waals surface area contributed by atoms with Gasteiger partial charge in [-0.1, -0.05) is 23.4 Å². The standard InChI is InChI=1S/C19H23N7O.ClH/c1-14-16(22-23-26(14)15-6-4-3-5-7-15)12-18(27)25-11-8-20-13-17(25)19-21-9-10-24(19)2;/h3-7,9-10,17,20H,8,11-13H2,1-2H3;1H. The third-order valence-corrected chi connectivity index (χ3v) is 5.03. The van der Waals surface area contributed by atoms with Gasteiger partial charge in [0.1, 0.15) is 11.9 Å². The zero-order chi connectivity index (χ0) is 18.8. The lowest BCUT2D eigenvalue weighted by Gasteiger charge is -2.35. The molecule has 1 atom stereocenters. The van der Waals surface area contributed by atoms with Gasteiger partial charge in [0.15, 0.2) is 0 Å². The number of benzene rings is 1. The maximum Gasteiger partial charge on any atom is 0.229 e. The fourth-order valence-corrected chi connectivity index (χ4v) is 3.51. The Labute approximate surface area is 170 Å². The Morgan fingerprint density at radius 2 is 2.07 bits per heavy atom. The highest BCUT2D eigenvalue weighted by molar-refractivity contribution is 5.85. The predicted molar refractivity (Wildman–Crippen MR) is 108 cm³/mol. The Kier molecular flexibility index (Phi) is 6.11. The summed E-state index contributed by atoms with van der Waals surface area (Å²) in [7, 11) is 1.95. The molecule has 1 aromatic carbocycles. The van der Waals surface area contributed by atoms with Crippen LogP contribution in [0.25, 0.3) is 5.69 Å². The first-order valence-electron chi connectivity index (χ1n) is 9.09. The summed E-state index contributed by atoms with van der Waals surface area (Å²) in [4.78, 5) is 19.4. The SMILES string of the molecule is Cc1c(CC(=O)N2CCNCC2c2nccn2C)nnn1-c1ccccc1.Cl. The summed E-state index contributed by atoms with van der Waals surface area (Å²) in [6.45, 7) is 4.08. The van der Waals surface area contributed by atoms with Gasteiger partial charge in [0.05, 0.1) is 23.5 Å². The molecule has 148 valence electrons. The minimum Gasteiger partial charge on any atom is -0.336 e. The molecule has 0 saturated carbocycles. The van der Waals surface area contributed by atoms with Crippen LogP contribution in [-0.2, 0) is 18.3 Å². The number of nitrogens with zero attached hydrogens (tertiary/aromatic N) is 6. The monoisotopic (exact) mass is 401 g/mol. The fourth-order valence-electron chi connectivity index (χ4n) is 3.51. The largest absolute Gasteiger partial charge is 0.336 e. The van der Waals surface area contributed by atoms with E-state index in [4.69, 9.17) is 0 Å². The number of rotatable bonds is 4. The molecule has 1 saturated heterocycles. The Morgan fingerprint density at radius 3 is 2.79 bits per heavy atom. The summed E-state index contributed by atoms with van der Waals surface area (Å²) in [6, 6.07) is 9.75. The van der Waals surface area contributed by atoms with Gasteiger partial charge in [-0.25, -0.2) is 9.67 Å². The smallest absolute Gasteiger partial charge is 0.229 e. The number of carbonyl (C=O) groups is 1. The topological polar surface area (TPSA) is 80.9 Å². The van der Waals surface area contributed by atoms with Crippen LogP contribution in [0.4, 0.5) is 0 Å². The van der Waals surface area contributed by atoms with E-state index in [-0.39, 0.29) is 30.8 Å². The maximum atomic E-state index is 13.1. The van der Waals surface area contributed by atoms with Crippen LogP contribution in [0.2, 0.25) is 0 Å². The summed E-state index contributed by atoms with van der Waals surface area (Å²) < 4.78 is 3.74. The van der Waals surface area contributed by atoms with Gasteiger partial charge >= 0.3 is 0 Å². The normalized spacial score (nSPS) is 16.6. The number of aromatic nitrogens is 5. The third-order valence-electron chi connectivity index (χ3n) is 5.03. The van der Waals surface area contributed by atoms with E-state index in [1.807, 2.05) is 60.0 Å². The van der Waals surface area contributed by atoms with Gasteiger partial charge in [-0.05, 0) is 19.1 Å². The van der Waals surface area contributed by atoms with E-state index in [0.29, 0.717) is 18.8 Å². The quantitative estimate of drug-likeness (QED) is 0.715. The number of halogens is 1. The molecule has 3 heterocycles. The molecule has 1 N–H and O–H groups in total. The van der Waals surface area contributed by atoms with Crippen LogP contribution in [-0.4, -0.2) is 55.0 Å². The zero-order valence-electron chi connectivity index (χ0n) is 15.9. The highest BCUT2D eigenvalue weighted by atomic mass is 35.5. The lowest BCUT2D eigenvalue weighted by Crippen LogP contribution is -2.50. The van der Waals surface area contributed by atoms with Gasteiger partial charge in [0.25, 0.3) is 0 Å². The number of amides is 1.